The molecular formula is C13H11Cl2NO. The molecule has 0 radical (unpaired) electrons. The minimum absolute atomic E-state index is 0.372. The van der Waals surface area contributed by atoms with Crippen LogP contribution in [0.2, 0.25) is 5.02 Å². The molecule has 88 valence electrons. The van der Waals surface area contributed by atoms with Gasteiger partial charge in [0.1, 0.15) is 5.75 Å². The van der Waals surface area contributed by atoms with Crippen molar-refractivity contribution in [3.8, 4) is 11.6 Å². The zero-order chi connectivity index (χ0) is 12.3. The van der Waals surface area contributed by atoms with Crippen molar-refractivity contribution in [3.63, 3.8) is 0 Å². The Labute approximate surface area is 110 Å². The van der Waals surface area contributed by atoms with Gasteiger partial charge in [-0.3, -0.25) is 0 Å². The Balaban J connectivity index is 2.25. The Bertz CT molecular complexity index is 529. The van der Waals surface area contributed by atoms with Gasteiger partial charge in [0.25, 0.3) is 0 Å². The molecule has 17 heavy (non-hydrogen) atoms. The molecule has 1 aromatic carbocycles. The normalized spacial score (nSPS) is 10.3. The summed E-state index contributed by atoms with van der Waals surface area (Å²) in [7, 11) is 0. The predicted octanol–water partition coefficient (Wildman–Crippen LogP) is 4.57. The van der Waals surface area contributed by atoms with Crippen LogP contribution in [0, 0.1) is 6.92 Å². The second kappa shape index (κ2) is 5.39. The van der Waals surface area contributed by atoms with Crippen molar-refractivity contribution in [2.45, 2.75) is 12.8 Å². The lowest BCUT2D eigenvalue weighted by Crippen LogP contribution is -1.92. The molecule has 2 aromatic rings. The summed E-state index contributed by atoms with van der Waals surface area (Å²) in [5.41, 5.74) is 1.76. The lowest BCUT2D eigenvalue weighted by atomic mass is 10.2. The van der Waals surface area contributed by atoms with Crippen LogP contribution >= 0.6 is 23.2 Å². The Morgan fingerprint density at radius 1 is 1.24 bits per heavy atom. The zero-order valence-electron chi connectivity index (χ0n) is 9.28. The monoisotopic (exact) mass is 267 g/mol. The third kappa shape index (κ3) is 3.11. The molecule has 0 aliphatic carbocycles. The van der Waals surface area contributed by atoms with Gasteiger partial charge in [-0.1, -0.05) is 17.7 Å². The number of benzene rings is 1. The fourth-order valence-corrected chi connectivity index (χ4v) is 1.80. The Morgan fingerprint density at radius 2 is 2.06 bits per heavy atom. The summed E-state index contributed by atoms with van der Waals surface area (Å²) < 4.78 is 5.68. The van der Waals surface area contributed by atoms with Crippen LogP contribution in [0.4, 0.5) is 0 Å². The van der Waals surface area contributed by atoms with E-state index in [0.717, 1.165) is 17.0 Å². The molecule has 2 rings (SSSR count). The summed E-state index contributed by atoms with van der Waals surface area (Å²) in [6, 6.07) is 11.0. The van der Waals surface area contributed by atoms with Gasteiger partial charge in [0.05, 0.1) is 11.6 Å². The van der Waals surface area contributed by atoms with Crippen molar-refractivity contribution in [1.82, 2.24) is 4.98 Å². The van der Waals surface area contributed by atoms with E-state index in [1.807, 2.05) is 31.2 Å². The van der Waals surface area contributed by atoms with Crippen molar-refractivity contribution < 1.29 is 4.74 Å². The Hall–Kier alpha value is -1.25. The standard InChI is InChI=1S/C13H11Cl2NO/c1-9-7-10(15)5-6-12(9)17-13-4-2-3-11(8-14)16-13/h2-7H,8H2,1H3. The lowest BCUT2D eigenvalue weighted by Gasteiger charge is -2.08. The number of alkyl halides is 1. The maximum absolute atomic E-state index is 5.88. The highest BCUT2D eigenvalue weighted by Gasteiger charge is 2.03. The average Bonchev–Trinajstić information content (AvgIpc) is 2.33. The van der Waals surface area contributed by atoms with Gasteiger partial charge >= 0.3 is 0 Å². The lowest BCUT2D eigenvalue weighted by molar-refractivity contribution is 0.458. The number of hydrogen-bond acceptors (Lipinski definition) is 2. The largest absolute Gasteiger partial charge is 0.439 e. The maximum Gasteiger partial charge on any atom is 0.219 e. The summed E-state index contributed by atoms with van der Waals surface area (Å²) in [4.78, 5) is 4.26. The number of nitrogens with zero attached hydrogens (tertiary/aromatic N) is 1. The summed E-state index contributed by atoms with van der Waals surface area (Å²) in [6.45, 7) is 1.94. The molecule has 0 N–H and O–H groups in total. The number of hydrogen-bond donors (Lipinski definition) is 0. The van der Waals surface area contributed by atoms with Gasteiger partial charge in [-0.2, -0.15) is 0 Å². The summed E-state index contributed by atoms with van der Waals surface area (Å²) in [5.74, 6) is 1.65. The van der Waals surface area contributed by atoms with E-state index in [1.54, 1.807) is 12.1 Å². The Morgan fingerprint density at radius 3 is 2.76 bits per heavy atom. The third-order valence-electron chi connectivity index (χ3n) is 2.27. The van der Waals surface area contributed by atoms with Crippen LogP contribution in [0.5, 0.6) is 11.6 Å². The van der Waals surface area contributed by atoms with Gasteiger partial charge in [-0.15, -0.1) is 11.6 Å². The first-order valence-corrected chi connectivity index (χ1v) is 6.06. The van der Waals surface area contributed by atoms with Gasteiger partial charge in [-0.25, -0.2) is 4.98 Å². The molecule has 0 fully saturated rings. The van der Waals surface area contributed by atoms with Crippen molar-refractivity contribution in [1.29, 1.82) is 0 Å². The highest BCUT2D eigenvalue weighted by Crippen LogP contribution is 2.26. The third-order valence-corrected chi connectivity index (χ3v) is 2.78. The quantitative estimate of drug-likeness (QED) is 0.760. The van der Waals surface area contributed by atoms with Crippen molar-refractivity contribution in [3.05, 3.63) is 52.7 Å². The van der Waals surface area contributed by atoms with E-state index >= 15 is 0 Å². The summed E-state index contributed by atoms with van der Waals surface area (Å²) in [6.07, 6.45) is 0. The number of pyridine rings is 1. The molecule has 0 spiro atoms. The number of ether oxygens (including phenoxy) is 1. The topological polar surface area (TPSA) is 22.1 Å². The molecule has 1 aromatic heterocycles. The van der Waals surface area contributed by atoms with E-state index < -0.39 is 0 Å². The van der Waals surface area contributed by atoms with Crippen LogP contribution < -0.4 is 4.74 Å². The fourth-order valence-electron chi connectivity index (χ4n) is 1.43. The van der Waals surface area contributed by atoms with Crippen molar-refractivity contribution in [2.75, 3.05) is 0 Å². The number of aromatic nitrogens is 1. The molecule has 0 aliphatic heterocycles. The second-order valence-electron chi connectivity index (χ2n) is 3.61. The van der Waals surface area contributed by atoms with Crippen LogP contribution in [0.1, 0.15) is 11.3 Å². The number of rotatable bonds is 3. The molecule has 0 saturated carbocycles. The van der Waals surface area contributed by atoms with Gasteiger partial charge in [0.15, 0.2) is 0 Å². The van der Waals surface area contributed by atoms with E-state index in [4.69, 9.17) is 27.9 Å². The van der Waals surface area contributed by atoms with E-state index in [2.05, 4.69) is 4.98 Å². The van der Waals surface area contributed by atoms with Crippen LogP contribution in [-0.2, 0) is 5.88 Å². The zero-order valence-corrected chi connectivity index (χ0v) is 10.8. The van der Waals surface area contributed by atoms with Gasteiger partial charge in [0, 0.05) is 11.1 Å². The first-order valence-electron chi connectivity index (χ1n) is 5.15. The molecule has 1 heterocycles. The maximum atomic E-state index is 5.88. The summed E-state index contributed by atoms with van der Waals surface area (Å²) >= 11 is 11.6. The van der Waals surface area contributed by atoms with Crippen molar-refractivity contribution in [2.24, 2.45) is 0 Å². The molecule has 0 unspecified atom stereocenters. The van der Waals surface area contributed by atoms with Gasteiger partial charge in [0.2, 0.25) is 5.88 Å². The summed E-state index contributed by atoms with van der Waals surface area (Å²) in [5, 5.41) is 0.692. The predicted molar refractivity (Wildman–Crippen MR) is 70.1 cm³/mol. The molecule has 4 heteroatoms. The molecule has 0 aliphatic rings. The van der Waals surface area contributed by atoms with Gasteiger partial charge in [-0.05, 0) is 36.8 Å². The van der Waals surface area contributed by atoms with Crippen LogP contribution in [0.15, 0.2) is 36.4 Å². The Kier molecular flexibility index (Phi) is 3.87. The SMILES string of the molecule is Cc1cc(Cl)ccc1Oc1cccc(CCl)n1. The molecule has 2 nitrogen and oxygen atoms in total. The van der Waals surface area contributed by atoms with E-state index in [9.17, 15) is 0 Å². The number of aryl methyl sites for hydroxylation is 1. The van der Waals surface area contributed by atoms with Crippen LogP contribution in [0.3, 0.4) is 0 Å². The van der Waals surface area contributed by atoms with E-state index in [0.29, 0.717) is 16.8 Å². The molecule has 0 bridgehead atoms. The minimum Gasteiger partial charge on any atom is -0.439 e. The van der Waals surface area contributed by atoms with E-state index in [-0.39, 0.29) is 0 Å². The van der Waals surface area contributed by atoms with E-state index in [1.165, 1.54) is 0 Å². The second-order valence-corrected chi connectivity index (χ2v) is 4.32. The molecule has 0 saturated heterocycles. The van der Waals surface area contributed by atoms with Crippen LogP contribution in [0.25, 0.3) is 0 Å². The average molecular weight is 268 g/mol. The molecule has 0 amide bonds. The first kappa shape index (κ1) is 12.2. The molecular weight excluding hydrogens is 257 g/mol. The van der Waals surface area contributed by atoms with Crippen molar-refractivity contribution >= 4 is 23.2 Å². The highest BCUT2D eigenvalue weighted by atomic mass is 35.5. The fraction of sp³-hybridized carbons (Fsp3) is 0.154. The number of halogens is 2. The van der Waals surface area contributed by atoms with Crippen LogP contribution in [-0.4, -0.2) is 4.98 Å². The first-order chi connectivity index (χ1) is 8.19. The van der Waals surface area contributed by atoms with Gasteiger partial charge < -0.3 is 4.74 Å². The smallest absolute Gasteiger partial charge is 0.219 e. The highest BCUT2D eigenvalue weighted by molar-refractivity contribution is 6.30. The minimum atomic E-state index is 0.372. The molecule has 0 atom stereocenters.